The molecule has 3 rings (SSSR count). The third-order valence-corrected chi connectivity index (χ3v) is 4.49. The van der Waals surface area contributed by atoms with Gasteiger partial charge in [-0.15, -0.1) is 0 Å². The number of carbonyl (C=O) groups excluding carboxylic acids is 1. The van der Waals surface area contributed by atoms with Crippen molar-refractivity contribution < 1.29 is 18.0 Å². The number of amides is 1. The lowest BCUT2D eigenvalue weighted by molar-refractivity contribution is -0.139. The van der Waals surface area contributed by atoms with E-state index in [2.05, 4.69) is 9.88 Å². The van der Waals surface area contributed by atoms with Crippen LogP contribution in [0.3, 0.4) is 0 Å². The lowest BCUT2D eigenvalue weighted by atomic mass is 10.1. The van der Waals surface area contributed by atoms with Crippen molar-refractivity contribution in [2.24, 2.45) is 0 Å². The van der Waals surface area contributed by atoms with Crippen LogP contribution in [0.2, 0.25) is 0 Å². The Hall–Kier alpha value is -2.41. The number of rotatable bonds is 4. The largest absolute Gasteiger partial charge is 0.416 e. The summed E-state index contributed by atoms with van der Waals surface area (Å²) >= 11 is 0. The van der Waals surface area contributed by atoms with Crippen molar-refractivity contribution in [2.75, 3.05) is 19.6 Å². The van der Waals surface area contributed by atoms with E-state index in [1.54, 1.807) is 18.5 Å². The number of carbonyl (C=O) groups is 1. The molecule has 1 aromatic heterocycles. The fourth-order valence-corrected chi connectivity index (χ4v) is 3.13. The summed E-state index contributed by atoms with van der Waals surface area (Å²) in [7, 11) is 0. The molecule has 0 radical (unpaired) electrons. The summed E-state index contributed by atoms with van der Waals surface area (Å²) < 4.78 is 39.5. The van der Waals surface area contributed by atoms with Crippen LogP contribution in [0.25, 0.3) is 0 Å². The van der Waals surface area contributed by atoms with Crippen molar-refractivity contribution in [3.8, 4) is 0 Å². The van der Waals surface area contributed by atoms with Crippen LogP contribution in [-0.2, 0) is 24.1 Å². The van der Waals surface area contributed by atoms with Crippen molar-refractivity contribution in [3.63, 3.8) is 0 Å². The van der Waals surface area contributed by atoms with Crippen molar-refractivity contribution in [1.82, 2.24) is 14.8 Å². The predicted octanol–water partition coefficient (Wildman–Crippen LogP) is 3.33. The summed E-state index contributed by atoms with van der Waals surface area (Å²) in [5, 5.41) is 0. The second kappa shape index (κ2) is 7.86. The molecule has 1 saturated heterocycles. The molecule has 2 aromatic rings. The lowest BCUT2D eigenvalue weighted by Crippen LogP contribution is -2.33. The van der Waals surface area contributed by atoms with Gasteiger partial charge in [-0.05, 0) is 23.3 Å². The summed E-state index contributed by atoms with van der Waals surface area (Å²) in [6.45, 7) is 2.27. The van der Waals surface area contributed by atoms with E-state index in [1.807, 2.05) is 12.1 Å². The Morgan fingerprint density at radius 1 is 1.00 bits per heavy atom. The molecule has 0 unspecified atom stereocenters. The molecule has 0 N–H and O–H groups in total. The number of hydrogen-bond donors (Lipinski definition) is 0. The van der Waals surface area contributed by atoms with E-state index in [4.69, 9.17) is 0 Å². The molecule has 1 aliphatic heterocycles. The van der Waals surface area contributed by atoms with Crippen molar-refractivity contribution in [1.29, 1.82) is 0 Å². The maximum atomic E-state index is 13.2. The summed E-state index contributed by atoms with van der Waals surface area (Å²) in [4.78, 5) is 20.1. The van der Waals surface area contributed by atoms with Gasteiger partial charge in [0.25, 0.3) is 0 Å². The zero-order valence-corrected chi connectivity index (χ0v) is 14.2. The first kappa shape index (κ1) is 18.4. The average Bonchev–Trinajstić information content (AvgIpc) is 2.78. The van der Waals surface area contributed by atoms with Crippen LogP contribution >= 0.6 is 0 Å². The van der Waals surface area contributed by atoms with E-state index in [9.17, 15) is 18.0 Å². The summed E-state index contributed by atoms with van der Waals surface area (Å²) in [5.74, 6) is -0.115. The zero-order valence-electron chi connectivity index (χ0n) is 14.2. The molecular formula is C19H20F3N3O. The summed E-state index contributed by atoms with van der Waals surface area (Å²) in [5.41, 5.74) is 0.508. The highest BCUT2D eigenvalue weighted by Gasteiger charge is 2.33. The van der Waals surface area contributed by atoms with E-state index in [-0.39, 0.29) is 18.0 Å². The third-order valence-electron chi connectivity index (χ3n) is 4.49. The predicted molar refractivity (Wildman–Crippen MR) is 91.0 cm³/mol. The number of hydrogen-bond acceptors (Lipinski definition) is 3. The van der Waals surface area contributed by atoms with E-state index in [1.165, 1.54) is 17.0 Å². The van der Waals surface area contributed by atoms with Gasteiger partial charge in [-0.1, -0.05) is 24.3 Å². The van der Waals surface area contributed by atoms with Crippen LogP contribution < -0.4 is 0 Å². The molecule has 0 aliphatic carbocycles. The average molecular weight is 363 g/mol. The van der Waals surface area contributed by atoms with Crippen molar-refractivity contribution >= 4 is 5.91 Å². The van der Waals surface area contributed by atoms with Gasteiger partial charge in [0.15, 0.2) is 0 Å². The van der Waals surface area contributed by atoms with Crippen LogP contribution in [0.5, 0.6) is 0 Å². The Kier molecular flexibility index (Phi) is 5.56. The SMILES string of the molecule is O=C1CCN(Cc2cccnc2)CCN1Cc1ccccc1C(F)(F)F. The zero-order chi connectivity index (χ0) is 18.6. The smallest absolute Gasteiger partial charge is 0.337 e. The van der Waals surface area contributed by atoms with Crippen LogP contribution in [0, 0.1) is 0 Å². The molecule has 0 spiro atoms. The maximum absolute atomic E-state index is 13.2. The number of halogens is 3. The van der Waals surface area contributed by atoms with Gasteiger partial charge in [-0.3, -0.25) is 14.7 Å². The molecular weight excluding hydrogens is 343 g/mol. The van der Waals surface area contributed by atoms with Gasteiger partial charge in [0, 0.05) is 51.5 Å². The minimum atomic E-state index is -4.42. The highest BCUT2D eigenvalue weighted by atomic mass is 19.4. The Morgan fingerprint density at radius 3 is 2.54 bits per heavy atom. The number of benzene rings is 1. The number of pyridine rings is 1. The lowest BCUT2D eigenvalue weighted by Gasteiger charge is -2.23. The molecule has 138 valence electrons. The van der Waals surface area contributed by atoms with Gasteiger partial charge < -0.3 is 4.90 Å². The van der Waals surface area contributed by atoms with Gasteiger partial charge >= 0.3 is 6.18 Å². The Labute approximate surface area is 150 Å². The van der Waals surface area contributed by atoms with Crippen molar-refractivity contribution in [3.05, 3.63) is 65.5 Å². The summed E-state index contributed by atoms with van der Waals surface area (Å²) in [6.07, 6.45) is -0.633. The fourth-order valence-electron chi connectivity index (χ4n) is 3.13. The van der Waals surface area contributed by atoms with Crippen LogP contribution in [0.4, 0.5) is 13.2 Å². The minimum absolute atomic E-state index is 0.0186. The van der Waals surface area contributed by atoms with Gasteiger partial charge in [0.05, 0.1) is 5.56 Å². The molecule has 0 atom stereocenters. The second-order valence-corrected chi connectivity index (χ2v) is 6.36. The number of nitrogens with zero attached hydrogens (tertiary/aromatic N) is 3. The third kappa shape index (κ3) is 4.60. The number of aromatic nitrogens is 1. The highest BCUT2D eigenvalue weighted by molar-refractivity contribution is 5.76. The Balaban J connectivity index is 1.68. The quantitative estimate of drug-likeness (QED) is 0.836. The first-order valence-electron chi connectivity index (χ1n) is 8.47. The number of alkyl halides is 3. The Morgan fingerprint density at radius 2 is 1.81 bits per heavy atom. The highest BCUT2D eigenvalue weighted by Crippen LogP contribution is 2.32. The molecule has 1 aliphatic rings. The van der Waals surface area contributed by atoms with Crippen LogP contribution in [0.15, 0.2) is 48.8 Å². The van der Waals surface area contributed by atoms with E-state index in [0.717, 1.165) is 11.6 Å². The van der Waals surface area contributed by atoms with Gasteiger partial charge in [0.1, 0.15) is 0 Å². The van der Waals surface area contributed by atoms with Crippen LogP contribution in [-0.4, -0.2) is 40.3 Å². The molecule has 7 heteroatoms. The first-order valence-corrected chi connectivity index (χ1v) is 8.47. The van der Waals surface area contributed by atoms with Crippen LogP contribution in [0.1, 0.15) is 23.1 Å². The molecule has 1 amide bonds. The molecule has 0 bridgehead atoms. The molecule has 4 nitrogen and oxygen atoms in total. The molecule has 26 heavy (non-hydrogen) atoms. The fraction of sp³-hybridized carbons (Fsp3) is 0.368. The first-order chi connectivity index (χ1) is 12.4. The molecule has 1 aromatic carbocycles. The monoisotopic (exact) mass is 363 g/mol. The molecule has 2 heterocycles. The van der Waals surface area contributed by atoms with Gasteiger partial charge in [0.2, 0.25) is 5.91 Å². The summed E-state index contributed by atoms with van der Waals surface area (Å²) in [6, 6.07) is 9.27. The normalized spacial score (nSPS) is 16.6. The second-order valence-electron chi connectivity index (χ2n) is 6.36. The minimum Gasteiger partial charge on any atom is -0.337 e. The van der Waals surface area contributed by atoms with Gasteiger partial charge in [-0.2, -0.15) is 13.2 Å². The topological polar surface area (TPSA) is 36.4 Å². The van der Waals surface area contributed by atoms with Gasteiger partial charge in [-0.25, -0.2) is 0 Å². The molecule has 0 saturated carbocycles. The Bertz CT molecular complexity index is 749. The van der Waals surface area contributed by atoms with E-state index in [0.29, 0.717) is 32.6 Å². The van der Waals surface area contributed by atoms with E-state index < -0.39 is 11.7 Å². The molecule has 1 fully saturated rings. The van der Waals surface area contributed by atoms with Crippen molar-refractivity contribution in [2.45, 2.75) is 25.7 Å². The standard InChI is InChI=1S/C19H20F3N3O/c20-19(21,22)17-6-2-1-5-16(17)14-25-11-10-24(9-7-18(25)26)13-15-4-3-8-23-12-15/h1-6,8,12H,7,9-11,13-14H2. The maximum Gasteiger partial charge on any atom is 0.416 e. The van der Waals surface area contributed by atoms with E-state index >= 15 is 0 Å².